The Bertz CT molecular complexity index is 689. The lowest BCUT2D eigenvalue weighted by molar-refractivity contribution is -0.132. The molecule has 3 rings (SSSR count). The van der Waals surface area contributed by atoms with Crippen molar-refractivity contribution in [1.82, 2.24) is 9.21 Å². The van der Waals surface area contributed by atoms with Gasteiger partial charge >= 0.3 is 0 Å². The van der Waals surface area contributed by atoms with Crippen molar-refractivity contribution in [2.24, 2.45) is 0 Å². The van der Waals surface area contributed by atoms with Crippen molar-refractivity contribution in [2.75, 3.05) is 32.5 Å². The number of benzene rings is 1. The minimum Gasteiger partial charge on any atom is -0.497 e. The van der Waals surface area contributed by atoms with E-state index in [0.29, 0.717) is 19.5 Å². The predicted molar refractivity (Wildman–Crippen MR) is 86.7 cm³/mol. The van der Waals surface area contributed by atoms with Gasteiger partial charge in [0.25, 0.3) is 0 Å². The number of amides is 1. The van der Waals surface area contributed by atoms with E-state index in [1.807, 2.05) is 29.2 Å². The third-order valence-electron chi connectivity index (χ3n) is 4.57. The average Bonchev–Trinajstić information content (AvgIpc) is 3.14. The fourth-order valence-corrected chi connectivity index (χ4v) is 4.84. The van der Waals surface area contributed by atoms with Crippen LogP contribution in [0.25, 0.3) is 0 Å². The smallest absolute Gasteiger partial charge is 0.238 e. The first-order valence-corrected chi connectivity index (χ1v) is 9.53. The summed E-state index contributed by atoms with van der Waals surface area (Å²) >= 11 is 0. The fourth-order valence-electron chi connectivity index (χ4n) is 3.37. The van der Waals surface area contributed by atoms with Crippen LogP contribution in [0.4, 0.5) is 0 Å². The topological polar surface area (TPSA) is 66.9 Å². The van der Waals surface area contributed by atoms with Gasteiger partial charge in [0.1, 0.15) is 5.75 Å². The molecule has 2 aliphatic rings. The maximum Gasteiger partial charge on any atom is 0.238 e. The highest BCUT2D eigenvalue weighted by Gasteiger charge is 2.35. The third-order valence-corrected chi connectivity index (χ3v) is 6.47. The molecule has 2 saturated heterocycles. The van der Waals surface area contributed by atoms with Crippen molar-refractivity contribution in [2.45, 2.75) is 25.3 Å². The molecule has 0 aromatic heterocycles. The van der Waals surface area contributed by atoms with E-state index < -0.39 is 10.0 Å². The summed E-state index contributed by atoms with van der Waals surface area (Å²) in [5, 5.41) is 0. The molecule has 2 fully saturated rings. The summed E-state index contributed by atoms with van der Waals surface area (Å²) in [6.45, 7) is 1.09. The largest absolute Gasteiger partial charge is 0.497 e. The number of carbonyl (C=O) groups is 1. The first-order valence-electron chi connectivity index (χ1n) is 7.92. The summed E-state index contributed by atoms with van der Waals surface area (Å²) < 4.78 is 30.3. The molecule has 7 heteroatoms. The second-order valence-corrected chi connectivity index (χ2v) is 8.11. The summed E-state index contributed by atoms with van der Waals surface area (Å²) in [7, 11) is -1.62. The molecule has 0 bridgehead atoms. The number of sulfonamides is 1. The van der Waals surface area contributed by atoms with Crippen LogP contribution >= 0.6 is 0 Å². The zero-order chi connectivity index (χ0) is 16.4. The van der Waals surface area contributed by atoms with Gasteiger partial charge in [-0.05, 0) is 37.0 Å². The van der Waals surface area contributed by atoms with Crippen LogP contribution in [0.2, 0.25) is 0 Å². The Labute approximate surface area is 137 Å². The molecule has 0 radical (unpaired) electrons. The number of carbonyl (C=O) groups excluding carboxylic acids is 1. The zero-order valence-corrected chi connectivity index (χ0v) is 14.1. The first-order chi connectivity index (χ1) is 11.0. The van der Waals surface area contributed by atoms with Crippen LogP contribution in [0, 0.1) is 0 Å². The Balaban J connectivity index is 1.74. The molecule has 126 valence electrons. The van der Waals surface area contributed by atoms with Crippen LogP contribution in [0.15, 0.2) is 24.3 Å². The SMILES string of the molecule is COc1cccc([C@H]2CCCN2C(=O)CN2CCCS2(=O)=O)c1. The normalized spacial score (nSPS) is 24.0. The van der Waals surface area contributed by atoms with Crippen LogP contribution in [0.1, 0.15) is 30.9 Å². The lowest BCUT2D eigenvalue weighted by Gasteiger charge is -2.27. The molecular formula is C16H22N2O4S. The van der Waals surface area contributed by atoms with Gasteiger partial charge in [0.05, 0.1) is 25.4 Å². The molecule has 0 spiro atoms. The van der Waals surface area contributed by atoms with Gasteiger partial charge in [-0.1, -0.05) is 12.1 Å². The van der Waals surface area contributed by atoms with Gasteiger partial charge in [-0.15, -0.1) is 0 Å². The molecule has 0 unspecified atom stereocenters. The molecule has 0 saturated carbocycles. The van der Waals surface area contributed by atoms with E-state index in [0.717, 1.165) is 24.2 Å². The summed E-state index contributed by atoms with van der Waals surface area (Å²) in [6.07, 6.45) is 2.43. The van der Waals surface area contributed by atoms with E-state index >= 15 is 0 Å². The van der Waals surface area contributed by atoms with E-state index in [4.69, 9.17) is 4.74 Å². The Morgan fingerprint density at radius 1 is 1.30 bits per heavy atom. The average molecular weight is 338 g/mol. The monoisotopic (exact) mass is 338 g/mol. The third kappa shape index (κ3) is 3.35. The van der Waals surface area contributed by atoms with Crippen LogP contribution in [0.5, 0.6) is 5.75 Å². The lowest BCUT2D eigenvalue weighted by Crippen LogP contribution is -2.40. The van der Waals surface area contributed by atoms with Crippen molar-refractivity contribution >= 4 is 15.9 Å². The maximum absolute atomic E-state index is 12.6. The molecular weight excluding hydrogens is 316 g/mol. The van der Waals surface area contributed by atoms with Gasteiger partial charge in [0, 0.05) is 13.1 Å². The van der Waals surface area contributed by atoms with Crippen molar-refractivity contribution in [3.05, 3.63) is 29.8 Å². The second kappa shape index (κ2) is 6.49. The van der Waals surface area contributed by atoms with E-state index in [-0.39, 0.29) is 24.2 Å². The van der Waals surface area contributed by atoms with E-state index in [9.17, 15) is 13.2 Å². The fraction of sp³-hybridized carbons (Fsp3) is 0.562. The van der Waals surface area contributed by atoms with E-state index in [1.165, 1.54) is 4.31 Å². The maximum atomic E-state index is 12.6. The first kappa shape index (κ1) is 16.3. The van der Waals surface area contributed by atoms with Crippen LogP contribution in [-0.2, 0) is 14.8 Å². The van der Waals surface area contributed by atoms with Crippen molar-refractivity contribution in [3.8, 4) is 5.75 Å². The summed E-state index contributed by atoms with van der Waals surface area (Å²) in [5.41, 5.74) is 1.04. The molecule has 6 nitrogen and oxygen atoms in total. The molecule has 1 amide bonds. The van der Waals surface area contributed by atoms with Gasteiger partial charge in [-0.25, -0.2) is 8.42 Å². The lowest BCUT2D eigenvalue weighted by atomic mass is 10.0. The second-order valence-electron chi connectivity index (χ2n) is 6.02. The summed E-state index contributed by atoms with van der Waals surface area (Å²) in [4.78, 5) is 14.4. The number of ether oxygens (including phenoxy) is 1. The molecule has 23 heavy (non-hydrogen) atoms. The van der Waals surface area contributed by atoms with Gasteiger partial charge in [-0.2, -0.15) is 4.31 Å². The van der Waals surface area contributed by atoms with Crippen LogP contribution in [0.3, 0.4) is 0 Å². The zero-order valence-electron chi connectivity index (χ0n) is 13.3. The number of nitrogens with zero attached hydrogens (tertiary/aromatic N) is 2. The molecule has 2 aliphatic heterocycles. The minimum absolute atomic E-state index is 0.00269. The Morgan fingerprint density at radius 3 is 2.83 bits per heavy atom. The highest BCUT2D eigenvalue weighted by atomic mass is 32.2. The highest BCUT2D eigenvalue weighted by molar-refractivity contribution is 7.89. The quantitative estimate of drug-likeness (QED) is 0.832. The molecule has 2 heterocycles. The van der Waals surface area contributed by atoms with Crippen molar-refractivity contribution < 1.29 is 17.9 Å². The molecule has 0 aliphatic carbocycles. The number of hydrogen-bond acceptors (Lipinski definition) is 4. The van der Waals surface area contributed by atoms with Crippen LogP contribution < -0.4 is 4.74 Å². The number of hydrogen-bond donors (Lipinski definition) is 0. The van der Waals surface area contributed by atoms with Gasteiger partial charge in [-0.3, -0.25) is 4.79 Å². The molecule has 1 aromatic carbocycles. The highest BCUT2D eigenvalue weighted by Crippen LogP contribution is 2.33. The van der Waals surface area contributed by atoms with Crippen molar-refractivity contribution in [3.63, 3.8) is 0 Å². The van der Waals surface area contributed by atoms with Crippen molar-refractivity contribution in [1.29, 1.82) is 0 Å². The standard InChI is InChI=1S/C16H22N2O4S/c1-22-14-6-2-5-13(11-14)15-7-3-9-18(15)16(19)12-17-8-4-10-23(17,20)21/h2,5-6,11,15H,3-4,7-10,12H2,1H3/t15-/m1/s1. The number of rotatable bonds is 4. The van der Waals surface area contributed by atoms with E-state index in [2.05, 4.69) is 0 Å². The van der Waals surface area contributed by atoms with Gasteiger partial charge in [0.2, 0.25) is 15.9 Å². The molecule has 0 N–H and O–H groups in total. The van der Waals surface area contributed by atoms with Gasteiger partial charge < -0.3 is 9.64 Å². The Hall–Kier alpha value is -1.60. The molecule has 1 atom stereocenters. The summed E-state index contributed by atoms with van der Waals surface area (Å²) in [6, 6.07) is 7.73. The van der Waals surface area contributed by atoms with Gasteiger partial charge in [0.15, 0.2) is 0 Å². The molecule has 1 aromatic rings. The number of likely N-dealkylation sites (tertiary alicyclic amines) is 1. The summed E-state index contributed by atoms with van der Waals surface area (Å²) in [5.74, 6) is 0.810. The number of methoxy groups -OCH3 is 1. The predicted octanol–water partition coefficient (Wildman–Crippen LogP) is 1.39. The Kier molecular flexibility index (Phi) is 4.59. The van der Waals surface area contributed by atoms with E-state index in [1.54, 1.807) is 7.11 Å². The Morgan fingerprint density at radius 2 is 2.13 bits per heavy atom. The van der Waals surface area contributed by atoms with Crippen LogP contribution in [-0.4, -0.2) is 56.0 Å². The minimum atomic E-state index is -3.24.